The summed E-state index contributed by atoms with van der Waals surface area (Å²) in [6.07, 6.45) is -4.62. The summed E-state index contributed by atoms with van der Waals surface area (Å²) in [6, 6.07) is 13.7. The predicted octanol–water partition coefficient (Wildman–Crippen LogP) is 5.81. The van der Waals surface area contributed by atoms with Crippen LogP contribution in [0.3, 0.4) is 0 Å². The number of rotatable bonds is 4. The maximum absolute atomic E-state index is 13.4. The van der Waals surface area contributed by atoms with Crippen molar-refractivity contribution in [3.63, 3.8) is 0 Å². The van der Waals surface area contributed by atoms with Crippen LogP contribution in [0.15, 0.2) is 54.6 Å². The lowest BCUT2D eigenvalue weighted by molar-refractivity contribution is -0.141. The quantitative estimate of drug-likeness (QED) is 0.406. The summed E-state index contributed by atoms with van der Waals surface area (Å²) in [5, 5.41) is 11.1. The highest BCUT2D eigenvalue weighted by Gasteiger charge is 2.35. The van der Waals surface area contributed by atoms with Crippen LogP contribution in [0.1, 0.15) is 27.4 Å². The monoisotopic (exact) mass is 473 g/mol. The third kappa shape index (κ3) is 4.36. The predicted molar refractivity (Wildman–Crippen MR) is 120 cm³/mol. The number of aryl methyl sites for hydroxylation is 2. The highest BCUT2D eigenvalue weighted by Crippen LogP contribution is 2.34. The third-order valence-electron chi connectivity index (χ3n) is 5.27. The minimum atomic E-state index is -4.62. The molecule has 10 heteroatoms. The van der Waals surface area contributed by atoms with E-state index < -0.39 is 11.9 Å². The maximum atomic E-state index is 13.4. The second-order valence-corrected chi connectivity index (χ2v) is 7.88. The molecule has 33 heavy (non-hydrogen) atoms. The van der Waals surface area contributed by atoms with Gasteiger partial charge in [0.15, 0.2) is 5.69 Å². The highest BCUT2D eigenvalue weighted by atomic mass is 35.5. The number of aromatic nitrogens is 4. The van der Waals surface area contributed by atoms with Gasteiger partial charge in [-0.3, -0.25) is 9.48 Å². The molecule has 4 aromatic rings. The molecule has 0 unspecified atom stereocenters. The Morgan fingerprint density at radius 3 is 2.27 bits per heavy atom. The number of halogens is 4. The lowest BCUT2D eigenvalue weighted by atomic mass is 10.1. The van der Waals surface area contributed by atoms with Crippen LogP contribution in [0, 0.1) is 13.8 Å². The Kier molecular flexibility index (Phi) is 5.75. The van der Waals surface area contributed by atoms with E-state index >= 15 is 0 Å². The Hall–Kier alpha value is -3.59. The largest absolute Gasteiger partial charge is 0.435 e. The molecule has 4 rings (SSSR count). The Labute approximate surface area is 192 Å². The fourth-order valence-corrected chi connectivity index (χ4v) is 3.68. The molecule has 2 heterocycles. The Balaban J connectivity index is 1.69. The minimum absolute atomic E-state index is 0.196. The maximum Gasteiger partial charge on any atom is 0.435 e. The molecule has 6 nitrogen and oxygen atoms in total. The van der Waals surface area contributed by atoms with Gasteiger partial charge in [0.2, 0.25) is 0 Å². The van der Waals surface area contributed by atoms with Crippen molar-refractivity contribution in [2.24, 2.45) is 7.05 Å². The first-order valence-electron chi connectivity index (χ1n) is 9.90. The average molecular weight is 474 g/mol. The van der Waals surface area contributed by atoms with Gasteiger partial charge >= 0.3 is 6.18 Å². The zero-order valence-corrected chi connectivity index (χ0v) is 18.7. The number of amides is 1. The molecule has 0 aliphatic rings. The first-order chi connectivity index (χ1) is 15.6. The second-order valence-electron chi connectivity index (χ2n) is 7.48. The molecule has 2 aromatic heterocycles. The number of carbonyl (C=O) groups excluding carboxylic acids is 1. The van der Waals surface area contributed by atoms with E-state index in [1.54, 1.807) is 67.2 Å². The molecule has 2 aromatic carbocycles. The van der Waals surface area contributed by atoms with Gasteiger partial charge in [-0.25, -0.2) is 4.68 Å². The summed E-state index contributed by atoms with van der Waals surface area (Å²) in [5.41, 5.74) is 2.38. The summed E-state index contributed by atoms with van der Waals surface area (Å²) in [4.78, 5) is 12.7. The van der Waals surface area contributed by atoms with Crippen molar-refractivity contribution in [1.82, 2.24) is 19.6 Å². The number of alkyl halides is 3. The van der Waals surface area contributed by atoms with E-state index in [2.05, 4.69) is 15.5 Å². The van der Waals surface area contributed by atoms with Crippen molar-refractivity contribution in [2.45, 2.75) is 20.0 Å². The van der Waals surface area contributed by atoms with Crippen LogP contribution in [0.4, 0.5) is 18.9 Å². The van der Waals surface area contributed by atoms with E-state index in [1.807, 2.05) is 6.92 Å². The molecule has 170 valence electrons. The molecule has 0 spiro atoms. The van der Waals surface area contributed by atoms with E-state index in [0.717, 1.165) is 16.4 Å². The summed E-state index contributed by atoms with van der Waals surface area (Å²) in [7, 11) is 1.78. The molecular weight excluding hydrogens is 455 g/mol. The number of nitrogens with zero attached hydrogens (tertiary/aromatic N) is 4. The molecular formula is C23H19ClF3N5O. The summed E-state index contributed by atoms with van der Waals surface area (Å²) < 4.78 is 43.0. The van der Waals surface area contributed by atoms with Crippen LogP contribution in [-0.4, -0.2) is 25.5 Å². The van der Waals surface area contributed by atoms with Crippen LogP contribution < -0.4 is 5.32 Å². The van der Waals surface area contributed by atoms with Crippen LogP contribution >= 0.6 is 11.6 Å². The molecule has 0 atom stereocenters. The zero-order chi connectivity index (χ0) is 23.9. The lowest BCUT2D eigenvalue weighted by Crippen LogP contribution is -2.13. The normalized spacial score (nSPS) is 11.6. The standard InChI is InChI=1S/C23H19ClF3N5O/c1-13-21(14(2)31(3)29-13)28-22(33)16-10-8-15(9-11-16)19-12-20(23(25,26)27)30-32(19)18-7-5-4-6-17(18)24/h4-12H,1-3H3,(H,28,33). The Morgan fingerprint density at radius 2 is 1.70 bits per heavy atom. The molecule has 0 aliphatic heterocycles. The van der Waals surface area contributed by atoms with Gasteiger partial charge in [0.25, 0.3) is 5.91 Å². The van der Waals surface area contributed by atoms with E-state index in [4.69, 9.17) is 11.6 Å². The second kappa shape index (κ2) is 8.40. The summed E-state index contributed by atoms with van der Waals surface area (Å²) >= 11 is 6.21. The molecule has 1 N–H and O–H groups in total. The Bertz CT molecular complexity index is 1340. The smallest absolute Gasteiger partial charge is 0.319 e. The fraction of sp³-hybridized carbons (Fsp3) is 0.174. The molecule has 0 saturated carbocycles. The van der Waals surface area contributed by atoms with Crippen molar-refractivity contribution in [3.05, 3.63) is 82.3 Å². The van der Waals surface area contributed by atoms with Gasteiger partial charge < -0.3 is 5.32 Å². The fourth-order valence-electron chi connectivity index (χ4n) is 3.46. The van der Waals surface area contributed by atoms with Crippen LogP contribution in [0.5, 0.6) is 0 Å². The average Bonchev–Trinajstić information content (AvgIpc) is 3.31. The van der Waals surface area contributed by atoms with Crippen LogP contribution in [-0.2, 0) is 13.2 Å². The third-order valence-corrected chi connectivity index (χ3v) is 5.59. The van der Waals surface area contributed by atoms with Gasteiger partial charge in [-0.05, 0) is 44.2 Å². The van der Waals surface area contributed by atoms with E-state index in [0.29, 0.717) is 28.2 Å². The summed E-state index contributed by atoms with van der Waals surface area (Å²) in [6.45, 7) is 3.63. The van der Waals surface area contributed by atoms with Gasteiger partial charge in [-0.2, -0.15) is 23.4 Å². The number of anilines is 1. The van der Waals surface area contributed by atoms with Gasteiger partial charge in [-0.15, -0.1) is 0 Å². The number of nitrogens with one attached hydrogen (secondary N) is 1. The molecule has 1 amide bonds. The highest BCUT2D eigenvalue weighted by molar-refractivity contribution is 6.32. The van der Waals surface area contributed by atoms with Crippen molar-refractivity contribution in [1.29, 1.82) is 0 Å². The molecule has 0 aliphatic carbocycles. The van der Waals surface area contributed by atoms with Crippen molar-refractivity contribution in [3.8, 4) is 16.9 Å². The van der Waals surface area contributed by atoms with Crippen LogP contribution in [0.25, 0.3) is 16.9 Å². The topological polar surface area (TPSA) is 64.7 Å². The van der Waals surface area contributed by atoms with E-state index in [-0.39, 0.29) is 16.6 Å². The van der Waals surface area contributed by atoms with Crippen molar-refractivity contribution < 1.29 is 18.0 Å². The van der Waals surface area contributed by atoms with Gasteiger partial charge in [0, 0.05) is 18.2 Å². The van der Waals surface area contributed by atoms with Gasteiger partial charge in [0.05, 0.1) is 33.5 Å². The first-order valence-corrected chi connectivity index (χ1v) is 10.3. The molecule has 0 saturated heterocycles. The molecule has 0 radical (unpaired) electrons. The minimum Gasteiger partial charge on any atom is -0.319 e. The molecule has 0 fully saturated rings. The van der Waals surface area contributed by atoms with Gasteiger partial charge in [-0.1, -0.05) is 35.9 Å². The first kappa shape index (κ1) is 22.6. The SMILES string of the molecule is Cc1nn(C)c(C)c1NC(=O)c1ccc(-c2cc(C(F)(F)F)nn2-c2ccccc2Cl)cc1. The lowest BCUT2D eigenvalue weighted by Gasteiger charge is -2.10. The van der Waals surface area contributed by atoms with E-state index in [9.17, 15) is 18.0 Å². The number of carbonyl (C=O) groups is 1. The zero-order valence-electron chi connectivity index (χ0n) is 17.9. The number of hydrogen-bond acceptors (Lipinski definition) is 3. The van der Waals surface area contributed by atoms with Gasteiger partial charge in [0.1, 0.15) is 0 Å². The summed E-state index contributed by atoms with van der Waals surface area (Å²) in [5.74, 6) is -0.351. The Morgan fingerprint density at radius 1 is 1.03 bits per heavy atom. The van der Waals surface area contributed by atoms with Crippen molar-refractivity contribution in [2.75, 3.05) is 5.32 Å². The van der Waals surface area contributed by atoms with E-state index in [1.165, 1.54) is 0 Å². The van der Waals surface area contributed by atoms with Crippen molar-refractivity contribution >= 4 is 23.2 Å². The van der Waals surface area contributed by atoms with Crippen LogP contribution in [0.2, 0.25) is 5.02 Å². The number of para-hydroxylation sites is 1. The molecule has 0 bridgehead atoms. The number of benzene rings is 2. The number of hydrogen-bond donors (Lipinski definition) is 1.